The minimum Gasteiger partial charge on any atom is -0.463 e. The second-order valence-electron chi connectivity index (χ2n) is 4.31. The van der Waals surface area contributed by atoms with Crippen LogP contribution in [0.15, 0.2) is 0 Å². The van der Waals surface area contributed by atoms with Crippen molar-refractivity contribution in [1.82, 2.24) is 5.32 Å². The molecular weight excluding hydrogens is 226 g/mol. The number of carbonyl (C=O) groups excluding carboxylic acids is 3. The molecule has 0 spiro atoms. The Morgan fingerprint density at radius 3 is 2.59 bits per heavy atom. The third kappa shape index (κ3) is 3.44. The maximum absolute atomic E-state index is 11.7. The normalized spacial score (nSPS) is 19.7. The van der Waals surface area contributed by atoms with Crippen LogP contribution in [0.5, 0.6) is 0 Å². The predicted octanol–water partition coefficient (Wildman–Crippen LogP) is 0.150. The number of hydrogen-bond acceptors (Lipinski definition) is 5. The van der Waals surface area contributed by atoms with Crippen molar-refractivity contribution >= 4 is 17.8 Å². The molecule has 1 fully saturated rings. The van der Waals surface area contributed by atoms with Gasteiger partial charge in [0.2, 0.25) is 11.5 Å². The number of hydrogen-bond donors (Lipinski definition) is 1. The van der Waals surface area contributed by atoms with Gasteiger partial charge in [0.15, 0.2) is 0 Å². The van der Waals surface area contributed by atoms with Crippen molar-refractivity contribution in [2.45, 2.75) is 45.3 Å². The Morgan fingerprint density at radius 1 is 1.47 bits per heavy atom. The topological polar surface area (TPSA) is 81.7 Å². The number of amides is 1. The van der Waals surface area contributed by atoms with Crippen molar-refractivity contribution in [2.75, 3.05) is 6.61 Å². The predicted molar refractivity (Wildman–Crippen MR) is 58.0 cm³/mol. The van der Waals surface area contributed by atoms with Crippen molar-refractivity contribution in [3.8, 4) is 0 Å². The average Bonchev–Trinajstić information content (AvgIpc) is 2.64. The van der Waals surface area contributed by atoms with E-state index in [1.54, 1.807) is 6.92 Å². The average molecular weight is 243 g/mol. The maximum atomic E-state index is 11.7. The Kier molecular flexibility index (Phi) is 4.09. The van der Waals surface area contributed by atoms with E-state index in [4.69, 9.17) is 9.47 Å². The number of nitrogens with one attached hydrogen (secondary N) is 1. The van der Waals surface area contributed by atoms with Crippen LogP contribution in [0.3, 0.4) is 0 Å². The molecule has 1 atom stereocenters. The first kappa shape index (κ1) is 13.5. The smallest absolute Gasteiger partial charge is 0.349 e. The lowest BCUT2D eigenvalue weighted by Gasteiger charge is -2.24. The fourth-order valence-electron chi connectivity index (χ4n) is 1.46. The Labute approximate surface area is 99.6 Å². The number of carbonyl (C=O) groups is 3. The quantitative estimate of drug-likeness (QED) is 0.711. The van der Waals surface area contributed by atoms with Crippen LogP contribution in [0.2, 0.25) is 0 Å². The molecule has 17 heavy (non-hydrogen) atoms. The summed E-state index contributed by atoms with van der Waals surface area (Å²) in [5.41, 5.74) is -1.33. The van der Waals surface area contributed by atoms with Gasteiger partial charge < -0.3 is 14.8 Å². The summed E-state index contributed by atoms with van der Waals surface area (Å²) in [5.74, 6) is -1.38. The van der Waals surface area contributed by atoms with E-state index >= 15 is 0 Å². The van der Waals surface area contributed by atoms with E-state index in [1.807, 2.05) is 0 Å². The molecule has 1 rings (SSSR count). The molecule has 6 nitrogen and oxygen atoms in total. The summed E-state index contributed by atoms with van der Waals surface area (Å²) in [5, 5.41) is 2.48. The molecule has 1 aliphatic rings. The van der Waals surface area contributed by atoms with Crippen LogP contribution in [0, 0.1) is 0 Å². The minimum atomic E-state index is -1.33. The van der Waals surface area contributed by atoms with Crippen molar-refractivity contribution in [2.24, 2.45) is 0 Å². The van der Waals surface area contributed by atoms with Crippen molar-refractivity contribution in [1.29, 1.82) is 0 Å². The van der Waals surface area contributed by atoms with Gasteiger partial charge in [-0.2, -0.15) is 0 Å². The third-order valence-electron chi connectivity index (χ3n) is 2.40. The molecule has 0 unspecified atom stereocenters. The monoisotopic (exact) mass is 243 g/mol. The highest BCUT2D eigenvalue weighted by Gasteiger charge is 2.37. The first-order chi connectivity index (χ1) is 7.86. The molecule has 1 saturated heterocycles. The van der Waals surface area contributed by atoms with Crippen LogP contribution < -0.4 is 5.32 Å². The van der Waals surface area contributed by atoms with Gasteiger partial charge in [-0.25, -0.2) is 9.59 Å². The van der Waals surface area contributed by atoms with Gasteiger partial charge in [0.25, 0.3) is 0 Å². The summed E-state index contributed by atoms with van der Waals surface area (Å²) in [7, 11) is 0. The molecule has 96 valence electrons. The van der Waals surface area contributed by atoms with Gasteiger partial charge in [0.05, 0.1) is 6.61 Å². The Hall–Kier alpha value is -1.59. The fraction of sp³-hybridized carbons (Fsp3) is 0.727. The van der Waals surface area contributed by atoms with Crippen LogP contribution >= 0.6 is 0 Å². The molecule has 0 aromatic rings. The number of esters is 2. The second kappa shape index (κ2) is 5.16. The lowest BCUT2D eigenvalue weighted by Crippen LogP contribution is -2.44. The maximum Gasteiger partial charge on any atom is 0.349 e. The lowest BCUT2D eigenvalue weighted by molar-refractivity contribution is -0.179. The molecule has 0 bridgehead atoms. The minimum absolute atomic E-state index is 0.180. The van der Waals surface area contributed by atoms with E-state index in [9.17, 15) is 14.4 Å². The van der Waals surface area contributed by atoms with Gasteiger partial charge in [0, 0.05) is 6.42 Å². The molecule has 0 aromatic heterocycles. The van der Waals surface area contributed by atoms with Crippen molar-refractivity contribution < 1.29 is 23.9 Å². The van der Waals surface area contributed by atoms with E-state index in [0.717, 1.165) is 0 Å². The second-order valence-corrected chi connectivity index (χ2v) is 4.31. The largest absolute Gasteiger partial charge is 0.463 e. The molecule has 1 heterocycles. The van der Waals surface area contributed by atoms with E-state index in [-0.39, 0.29) is 12.5 Å². The highest BCUT2D eigenvalue weighted by molar-refractivity contribution is 5.90. The molecule has 0 saturated carbocycles. The third-order valence-corrected chi connectivity index (χ3v) is 2.40. The molecule has 0 aliphatic carbocycles. The molecule has 1 aliphatic heterocycles. The SMILES string of the molecule is CCOC(=O)C(C)(C)OC(=O)[C@@H]1CCC(=O)N1. The lowest BCUT2D eigenvalue weighted by atomic mass is 10.1. The van der Waals surface area contributed by atoms with Gasteiger partial charge in [-0.1, -0.05) is 0 Å². The Balaban J connectivity index is 2.55. The van der Waals surface area contributed by atoms with Crippen LogP contribution in [-0.4, -0.2) is 36.1 Å². The summed E-state index contributed by atoms with van der Waals surface area (Å²) in [6.07, 6.45) is 0.705. The molecular formula is C11H17NO5. The van der Waals surface area contributed by atoms with Gasteiger partial charge in [-0.3, -0.25) is 4.79 Å². The molecule has 0 radical (unpaired) electrons. The summed E-state index contributed by atoms with van der Waals surface area (Å²) in [6.45, 7) is 4.81. The Bertz CT molecular complexity index is 337. The van der Waals surface area contributed by atoms with Crippen molar-refractivity contribution in [3.05, 3.63) is 0 Å². The van der Waals surface area contributed by atoms with Gasteiger partial charge in [0.1, 0.15) is 6.04 Å². The zero-order valence-corrected chi connectivity index (χ0v) is 10.2. The summed E-state index contributed by atoms with van der Waals surface area (Å²) >= 11 is 0. The molecule has 6 heteroatoms. The molecule has 0 aromatic carbocycles. The van der Waals surface area contributed by atoms with Gasteiger partial charge in [-0.15, -0.1) is 0 Å². The van der Waals surface area contributed by atoms with Crippen LogP contribution in [0.25, 0.3) is 0 Å². The summed E-state index contributed by atoms with van der Waals surface area (Å²) < 4.78 is 9.84. The molecule has 1 N–H and O–H groups in total. The van der Waals surface area contributed by atoms with Crippen LogP contribution in [0.1, 0.15) is 33.6 Å². The van der Waals surface area contributed by atoms with Crippen LogP contribution in [-0.2, 0) is 23.9 Å². The first-order valence-corrected chi connectivity index (χ1v) is 5.56. The standard InChI is InChI=1S/C11H17NO5/c1-4-16-10(15)11(2,3)17-9(14)7-5-6-8(13)12-7/h7H,4-6H2,1-3H3,(H,12,13)/t7-/m0/s1. The highest BCUT2D eigenvalue weighted by atomic mass is 16.6. The summed E-state index contributed by atoms with van der Waals surface area (Å²) in [6, 6.07) is -0.656. The van der Waals surface area contributed by atoms with E-state index in [1.165, 1.54) is 13.8 Å². The Morgan fingerprint density at radius 2 is 2.12 bits per heavy atom. The fourth-order valence-corrected chi connectivity index (χ4v) is 1.46. The summed E-state index contributed by atoms with van der Waals surface area (Å²) in [4.78, 5) is 34.1. The molecule has 1 amide bonds. The zero-order chi connectivity index (χ0) is 13.1. The highest BCUT2D eigenvalue weighted by Crippen LogP contribution is 2.16. The van der Waals surface area contributed by atoms with Crippen LogP contribution in [0.4, 0.5) is 0 Å². The zero-order valence-electron chi connectivity index (χ0n) is 10.2. The number of ether oxygens (including phenoxy) is 2. The van der Waals surface area contributed by atoms with Crippen molar-refractivity contribution in [3.63, 3.8) is 0 Å². The first-order valence-electron chi connectivity index (χ1n) is 5.56. The van der Waals surface area contributed by atoms with E-state index < -0.39 is 23.6 Å². The van der Waals surface area contributed by atoms with E-state index in [2.05, 4.69) is 5.32 Å². The number of rotatable bonds is 4. The van der Waals surface area contributed by atoms with Gasteiger partial charge in [-0.05, 0) is 27.2 Å². The van der Waals surface area contributed by atoms with E-state index in [0.29, 0.717) is 12.8 Å². The van der Waals surface area contributed by atoms with Gasteiger partial charge >= 0.3 is 11.9 Å².